The minimum atomic E-state index is -0.196. The molecule has 4 heteroatoms. The van der Waals surface area contributed by atoms with E-state index in [1.807, 2.05) is 19.9 Å². The van der Waals surface area contributed by atoms with Crippen molar-refractivity contribution in [3.8, 4) is 5.75 Å². The van der Waals surface area contributed by atoms with E-state index in [1.54, 1.807) is 6.07 Å². The van der Waals surface area contributed by atoms with Crippen molar-refractivity contribution in [1.29, 1.82) is 0 Å². The summed E-state index contributed by atoms with van der Waals surface area (Å²) in [5.41, 5.74) is 0.637. The summed E-state index contributed by atoms with van der Waals surface area (Å²) in [4.78, 5) is 2.34. The lowest BCUT2D eigenvalue weighted by Crippen LogP contribution is -2.40. The van der Waals surface area contributed by atoms with Gasteiger partial charge in [0.05, 0.1) is 0 Å². The van der Waals surface area contributed by atoms with Gasteiger partial charge in [-0.25, -0.2) is 4.39 Å². The summed E-state index contributed by atoms with van der Waals surface area (Å²) in [7, 11) is 2.14. The number of hydrogen-bond acceptors (Lipinski definition) is 3. The number of piperidine rings is 1. The summed E-state index contributed by atoms with van der Waals surface area (Å²) in [6.07, 6.45) is 3.67. The Morgan fingerprint density at radius 2 is 2.24 bits per heavy atom. The van der Waals surface area contributed by atoms with Gasteiger partial charge in [-0.15, -0.1) is 0 Å². The van der Waals surface area contributed by atoms with Crippen LogP contribution in [0.3, 0.4) is 0 Å². The predicted molar refractivity (Wildman–Crippen MR) is 84.3 cm³/mol. The highest BCUT2D eigenvalue weighted by Gasteiger charge is 2.21. The van der Waals surface area contributed by atoms with Gasteiger partial charge in [0, 0.05) is 17.6 Å². The van der Waals surface area contributed by atoms with Crippen LogP contribution in [0.4, 0.5) is 4.39 Å². The average Bonchev–Trinajstić information content (AvgIpc) is 2.46. The minimum absolute atomic E-state index is 0.0460. The van der Waals surface area contributed by atoms with E-state index in [0.717, 1.165) is 19.5 Å². The summed E-state index contributed by atoms with van der Waals surface area (Å²) in [6.45, 7) is 6.56. The molecule has 1 N–H and O–H groups in total. The molecule has 0 aromatic heterocycles. The number of hydrogen-bond donors (Lipinski definition) is 1. The van der Waals surface area contributed by atoms with Crippen LogP contribution in [0.2, 0.25) is 0 Å². The fourth-order valence-corrected chi connectivity index (χ4v) is 3.01. The van der Waals surface area contributed by atoms with E-state index in [-0.39, 0.29) is 11.9 Å². The second-order valence-electron chi connectivity index (χ2n) is 5.87. The Kier molecular flexibility index (Phi) is 6.00. The fourth-order valence-electron chi connectivity index (χ4n) is 3.01. The number of rotatable bonds is 6. The van der Waals surface area contributed by atoms with Gasteiger partial charge in [0.1, 0.15) is 18.2 Å². The van der Waals surface area contributed by atoms with E-state index in [4.69, 9.17) is 4.74 Å². The molecule has 3 nitrogen and oxygen atoms in total. The molecule has 1 fully saturated rings. The monoisotopic (exact) mass is 294 g/mol. The summed E-state index contributed by atoms with van der Waals surface area (Å²) >= 11 is 0. The number of benzene rings is 1. The molecule has 2 rings (SSSR count). The summed E-state index contributed by atoms with van der Waals surface area (Å²) in [5.74, 6) is 0.473. The lowest BCUT2D eigenvalue weighted by molar-refractivity contribution is 0.124. The molecule has 0 aliphatic carbocycles. The smallest absolute Gasteiger partial charge is 0.131 e. The van der Waals surface area contributed by atoms with Gasteiger partial charge in [0.25, 0.3) is 0 Å². The van der Waals surface area contributed by atoms with Gasteiger partial charge < -0.3 is 15.0 Å². The maximum Gasteiger partial charge on any atom is 0.131 e. The first-order valence-corrected chi connectivity index (χ1v) is 7.98. The van der Waals surface area contributed by atoms with Crippen molar-refractivity contribution in [2.45, 2.75) is 45.2 Å². The van der Waals surface area contributed by atoms with Crippen molar-refractivity contribution in [3.05, 3.63) is 29.6 Å². The average molecular weight is 294 g/mol. The van der Waals surface area contributed by atoms with Crippen LogP contribution in [-0.2, 0) is 0 Å². The Labute approximate surface area is 127 Å². The molecule has 0 radical (unpaired) electrons. The van der Waals surface area contributed by atoms with Crippen molar-refractivity contribution >= 4 is 0 Å². The fraction of sp³-hybridized carbons (Fsp3) is 0.647. The van der Waals surface area contributed by atoms with Crippen LogP contribution in [-0.4, -0.2) is 37.7 Å². The molecule has 0 bridgehead atoms. The molecule has 1 saturated heterocycles. The molecule has 21 heavy (non-hydrogen) atoms. The number of ether oxygens (including phenoxy) is 1. The van der Waals surface area contributed by atoms with Gasteiger partial charge in [-0.3, -0.25) is 0 Å². The zero-order valence-corrected chi connectivity index (χ0v) is 13.4. The Morgan fingerprint density at radius 1 is 1.43 bits per heavy atom. The molecule has 0 saturated carbocycles. The molecule has 1 aromatic rings. The van der Waals surface area contributed by atoms with Gasteiger partial charge in [0.15, 0.2) is 0 Å². The lowest BCUT2D eigenvalue weighted by atomic mass is 10.0. The topological polar surface area (TPSA) is 24.5 Å². The van der Waals surface area contributed by atoms with Gasteiger partial charge in [-0.05, 0) is 52.0 Å². The Morgan fingerprint density at radius 3 is 2.95 bits per heavy atom. The first-order valence-electron chi connectivity index (χ1n) is 7.98. The number of likely N-dealkylation sites (tertiary alicyclic amines) is 1. The van der Waals surface area contributed by atoms with Crippen molar-refractivity contribution in [2.75, 3.05) is 26.7 Å². The SMILES string of the molecule is CCNC(C)c1c(F)cccc1OCC1CCCCN1C. The molecule has 0 spiro atoms. The van der Waals surface area contributed by atoms with E-state index in [1.165, 1.54) is 18.9 Å². The standard InChI is InChI=1S/C17H27FN2O/c1-4-19-13(2)17-15(18)9-7-10-16(17)21-12-14-8-5-6-11-20(14)3/h7,9-10,13-14,19H,4-6,8,11-12H2,1-3H3. The minimum Gasteiger partial charge on any atom is -0.492 e. The first kappa shape index (κ1) is 16.2. The molecule has 1 aliphatic rings. The second kappa shape index (κ2) is 7.76. The van der Waals surface area contributed by atoms with Crippen molar-refractivity contribution in [1.82, 2.24) is 10.2 Å². The number of halogens is 1. The first-order chi connectivity index (χ1) is 10.1. The molecule has 1 aromatic carbocycles. The van der Waals surface area contributed by atoms with Crippen LogP contribution < -0.4 is 10.1 Å². The third kappa shape index (κ3) is 4.17. The highest BCUT2D eigenvalue weighted by Crippen LogP contribution is 2.28. The van der Waals surface area contributed by atoms with E-state index in [2.05, 4.69) is 17.3 Å². The van der Waals surface area contributed by atoms with Gasteiger partial charge in [-0.2, -0.15) is 0 Å². The maximum absolute atomic E-state index is 14.1. The van der Waals surface area contributed by atoms with Crippen LogP contribution in [0.25, 0.3) is 0 Å². The third-order valence-electron chi connectivity index (χ3n) is 4.31. The second-order valence-corrected chi connectivity index (χ2v) is 5.87. The maximum atomic E-state index is 14.1. The van der Waals surface area contributed by atoms with Crippen LogP contribution in [0.15, 0.2) is 18.2 Å². The normalized spacial score (nSPS) is 21.2. The Bertz CT molecular complexity index is 452. The molecule has 2 unspecified atom stereocenters. The van der Waals surface area contributed by atoms with Crippen molar-refractivity contribution in [2.24, 2.45) is 0 Å². The van der Waals surface area contributed by atoms with Gasteiger partial charge >= 0.3 is 0 Å². The van der Waals surface area contributed by atoms with Crippen LogP contribution >= 0.6 is 0 Å². The third-order valence-corrected chi connectivity index (χ3v) is 4.31. The number of likely N-dealkylation sites (N-methyl/N-ethyl adjacent to an activating group) is 1. The highest BCUT2D eigenvalue weighted by atomic mass is 19.1. The van der Waals surface area contributed by atoms with E-state index in [0.29, 0.717) is 24.0 Å². The van der Waals surface area contributed by atoms with Gasteiger partial charge in [-0.1, -0.05) is 19.4 Å². The summed E-state index contributed by atoms with van der Waals surface area (Å²) < 4.78 is 20.1. The summed E-state index contributed by atoms with van der Waals surface area (Å²) in [5, 5.41) is 3.26. The van der Waals surface area contributed by atoms with Gasteiger partial charge in [0.2, 0.25) is 0 Å². The Hall–Kier alpha value is -1.13. The lowest BCUT2D eigenvalue weighted by Gasteiger charge is -2.32. The van der Waals surface area contributed by atoms with E-state index < -0.39 is 0 Å². The molecule has 2 atom stereocenters. The van der Waals surface area contributed by atoms with E-state index in [9.17, 15) is 4.39 Å². The Balaban J connectivity index is 2.06. The zero-order valence-electron chi connectivity index (χ0n) is 13.4. The highest BCUT2D eigenvalue weighted by molar-refractivity contribution is 5.37. The van der Waals surface area contributed by atoms with Crippen molar-refractivity contribution < 1.29 is 9.13 Å². The van der Waals surface area contributed by atoms with Crippen molar-refractivity contribution in [3.63, 3.8) is 0 Å². The molecule has 1 heterocycles. The quantitative estimate of drug-likeness (QED) is 0.870. The number of nitrogens with zero attached hydrogens (tertiary/aromatic N) is 1. The molecular weight excluding hydrogens is 267 g/mol. The van der Waals surface area contributed by atoms with E-state index >= 15 is 0 Å². The largest absolute Gasteiger partial charge is 0.492 e. The molecule has 1 aliphatic heterocycles. The van der Waals surface area contributed by atoms with Crippen LogP contribution in [0.5, 0.6) is 5.75 Å². The number of nitrogens with one attached hydrogen (secondary N) is 1. The molecule has 118 valence electrons. The van der Waals surface area contributed by atoms with Crippen LogP contribution in [0, 0.1) is 5.82 Å². The molecular formula is C17H27FN2O. The summed E-state index contributed by atoms with van der Waals surface area (Å²) in [6, 6.07) is 5.48. The predicted octanol–water partition coefficient (Wildman–Crippen LogP) is 3.36. The molecule has 0 amide bonds. The van der Waals surface area contributed by atoms with Crippen LogP contribution in [0.1, 0.15) is 44.7 Å². The zero-order chi connectivity index (χ0) is 15.2.